The Morgan fingerprint density at radius 3 is 2.74 bits per heavy atom. The predicted octanol–water partition coefficient (Wildman–Crippen LogP) is 3.15. The number of amides is 1. The molecule has 1 unspecified atom stereocenters. The van der Waals surface area contributed by atoms with Crippen LogP contribution in [0.2, 0.25) is 0 Å². The van der Waals surface area contributed by atoms with Crippen molar-refractivity contribution in [1.29, 1.82) is 0 Å². The van der Waals surface area contributed by atoms with E-state index in [1.165, 1.54) is 18.4 Å². The van der Waals surface area contributed by atoms with Gasteiger partial charge in [0, 0.05) is 18.2 Å². The Morgan fingerprint density at radius 2 is 2.00 bits per heavy atom. The average molecular weight is 276 g/mol. The maximum atomic E-state index is 11.7. The van der Waals surface area contributed by atoms with Gasteiger partial charge < -0.3 is 0 Å². The summed E-state index contributed by atoms with van der Waals surface area (Å²) < 4.78 is 7.59. The van der Waals surface area contributed by atoms with Gasteiger partial charge in [0.1, 0.15) is 0 Å². The van der Waals surface area contributed by atoms with Crippen LogP contribution in [0.5, 0.6) is 0 Å². The highest BCUT2D eigenvalue weighted by atomic mass is 32.2. The van der Waals surface area contributed by atoms with Crippen molar-refractivity contribution in [3.8, 4) is 0 Å². The number of benzene rings is 1. The highest BCUT2D eigenvalue weighted by Crippen LogP contribution is 2.13. The number of allylic oxidation sites excluding steroid dienone is 1. The number of nitrogens with zero attached hydrogens (tertiary/aromatic N) is 1. The molecule has 1 amide bonds. The quantitative estimate of drug-likeness (QED) is 0.797. The van der Waals surface area contributed by atoms with Crippen LogP contribution in [-0.4, -0.2) is 11.7 Å². The van der Waals surface area contributed by atoms with E-state index >= 15 is 0 Å². The van der Waals surface area contributed by atoms with Gasteiger partial charge >= 0.3 is 0 Å². The van der Waals surface area contributed by atoms with Crippen molar-refractivity contribution in [2.75, 3.05) is 5.75 Å². The van der Waals surface area contributed by atoms with Gasteiger partial charge in [-0.15, -0.1) is 0 Å². The second kappa shape index (κ2) is 7.24. The Hall–Kier alpha value is -1.42. The van der Waals surface area contributed by atoms with E-state index in [1.54, 1.807) is 6.08 Å². The van der Waals surface area contributed by atoms with Gasteiger partial charge in [0.05, 0.1) is 5.70 Å². The Bertz CT molecular complexity index is 494. The van der Waals surface area contributed by atoms with Gasteiger partial charge in [-0.25, -0.2) is 4.36 Å². The first-order valence-electron chi connectivity index (χ1n) is 6.76. The van der Waals surface area contributed by atoms with Crippen molar-refractivity contribution < 1.29 is 4.79 Å². The highest BCUT2D eigenvalue weighted by Gasteiger charge is 2.11. The molecule has 0 aromatic heterocycles. The fourth-order valence-corrected chi connectivity index (χ4v) is 3.37. The molecule has 1 aliphatic heterocycles. The van der Waals surface area contributed by atoms with Crippen LogP contribution in [0.4, 0.5) is 0 Å². The molecule has 19 heavy (non-hydrogen) atoms. The van der Waals surface area contributed by atoms with E-state index in [0.717, 1.165) is 24.3 Å². The maximum Gasteiger partial charge on any atom is 0.256 e. The summed E-state index contributed by atoms with van der Waals surface area (Å²) in [6.45, 7) is 2.18. The molecule has 1 aliphatic rings. The first-order valence-corrected chi connectivity index (χ1v) is 8.11. The van der Waals surface area contributed by atoms with Crippen LogP contribution in [0.15, 0.2) is 46.5 Å². The standard InChI is InChI=1S/C15H20N2OS/c1-2-3-7-10-19-16-14(12-15(18)17-19)11-13-8-5-4-6-9-13/h4-6,8-9,12H,2-3,7,10-11H2,1H3,(H,16,17,18). The molecule has 1 N–H and O–H groups in total. The van der Waals surface area contributed by atoms with Gasteiger partial charge in [-0.1, -0.05) is 50.1 Å². The molecule has 1 atom stereocenters. The zero-order chi connectivity index (χ0) is 13.5. The van der Waals surface area contributed by atoms with E-state index in [0.29, 0.717) is 0 Å². The fraction of sp³-hybridized carbons (Fsp3) is 0.400. The minimum atomic E-state index is -0.323. The van der Waals surface area contributed by atoms with Crippen molar-refractivity contribution in [3.63, 3.8) is 0 Å². The molecule has 0 bridgehead atoms. The zero-order valence-corrected chi connectivity index (χ0v) is 12.1. The Balaban J connectivity index is 2.01. The molecule has 0 saturated heterocycles. The summed E-state index contributed by atoms with van der Waals surface area (Å²) in [5.41, 5.74) is 2.10. The minimum Gasteiger partial charge on any atom is -0.288 e. The van der Waals surface area contributed by atoms with Crippen molar-refractivity contribution in [3.05, 3.63) is 47.7 Å². The number of carbonyl (C=O) groups is 1. The summed E-state index contributed by atoms with van der Waals surface area (Å²) in [6.07, 6.45) is 5.88. The lowest BCUT2D eigenvalue weighted by Gasteiger charge is -2.15. The summed E-state index contributed by atoms with van der Waals surface area (Å²) in [7, 11) is -0.323. The van der Waals surface area contributed by atoms with Gasteiger partial charge in [-0.05, 0) is 22.9 Å². The molecule has 0 aliphatic carbocycles. The third-order valence-corrected chi connectivity index (χ3v) is 4.48. The van der Waals surface area contributed by atoms with Gasteiger partial charge in [0.25, 0.3) is 5.91 Å². The second-order valence-electron chi connectivity index (χ2n) is 4.63. The van der Waals surface area contributed by atoms with E-state index in [1.807, 2.05) is 18.2 Å². The molecular formula is C15H20N2OS. The minimum absolute atomic E-state index is 0.000706. The normalized spacial score (nSPS) is 18.5. The number of unbranched alkanes of at least 4 members (excludes halogenated alkanes) is 2. The summed E-state index contributed by atoms with van der Waals surface area (Å²) in [4.78, 5) is 11.7. The maximum absolute atomic E-state index is 11.7. The Labute approximate surface area is 117 Å². The van der Waals surface area contributed by atoms with Crippen LogP contribution >= 0.6 is 0 Å². The van der Waals surface area contributed by atoms with Crippen LogP contribution in [-0.2, 0) is 22.1 Å². The summed E-state index contributed by atoms with van der Waals surface area (Å²) in [6, 6.07) is 10.2. The highest BCUT2D eigenvalue weighted by molar-refractivity contribution is 7.86. The number of nitrogens with one attached hydrogen (secondary N) is 1. The summed E-state index contributed by atoms with van der Waals surface area (Å²) >= 11 is 0. The van der Waals surface area contributed by atoms with Gasteiger partial charge in [-0.3, -0.25) is 9.52 Å². The lowest BCUT2D eigenvalue weighted by Crippen LogP contribution is -2.29. The largest absolute Gasteiger partial charge is 0.288 e. The number of carbonyl (C=O) groups excluding carboxylic acids is 1. The van der Waals surface area contributed by atoms with E-state index in [9.17, 15) is 4.79 Å². The lowest BCUT2D eigenvalue weighted by molar-refractivity contribution is -0.114. The fourth-order valence-electron chi connectivity index (χ4n) is 1.96. The molecule has 0 fully saturated rings. The van der Waals surface area contributed by atoms with Crippen molar-refractivity contribution in [2.24, 2.45) is 4.36 Å². The van der Waals surface area contributed by atoms with Crippen LogP contribution in [0.25, 0.3) is 0 Å². The van der Waals surface area contributed by atoms with Crippen LogP contribution in [0.3, 0.4) is 0 Å². The van der Waals surface area contributed by atoms with Gasteiger partial charge in [0.15, 0.2) is 0 Å². The number of hydrogen-bond donors (Lipinski definition) is 1. The van der Waals surface area contributed by atoms with E-state index in [2.05, 4.69) is 28.1 Å². The van der Waals surface area contributed by atoms with Crippen LogP contribution in [0.1, 0.15) is 31.7 Å². The van der Waals surface area contributed by atoms with Crippen molar-refractivity contribution >= 4 is 16.8 Å². The van der Waals surface area contributed by atoms with E-state index in [4.69, 9.17) is 0 Å². The van der Waals surface area contributed by atoms with Crippen molar-refractivity contribution in [2.45, 2.75) is 32.6 Å². The summed E-state index contributed by atoms with van der Waals surface area (Å²) in [5.74, 6) is 0.965. The second-order valence-corrected chi connectivity index (χ2v) is 6.16. The molecule has 1 aromatic carbocycles. The smallest absolute Gasteiger partial charge is 0.256 e. The van der Waals surface area contributed by atoms with E-state index in [-0.39, 0.29) is 16.8 Å². The third kappa shape index (κ3) is 4.63. The Morgan fingerprint density at radius 1 is 1.21 bits per heavy atom. The molecule has 3 nitrogen and oxygen atoms in total. The molecule has 1 aromatic rings. The van der Waals surface area contributed by atoms with Gasteiger partial charge in [-0.2, -0.15) is 0 Å². The summed E-state index contributed by atoms with van der Waals surface area (Å²) in [5, 5.41) is 0. The lowest BCUT2D eigenvalue weighted by atomic mass is 10.1. The predicted molar refractivity (Wildman–Crippen MR) is 80.6 cm³/mol. The third-order valence-electron chi connectivity index (χ3n) is 2.91. The van der Waals surface area contributed by atoms with E-state index < -0.39 is 0 Å². The number of rotatable bonds is 6. The molecule has 0 radical (unpaired) electrons. The molecular weight excluding hydrogens is 256 g/mol. The average Bonchev–Trinajstić information content (AvgIpc) is 2.39. The SMILES string of the molecule is CCCCCS1=NC(Cc2ccccc2)=CC(=O)N1. The molecule has 2 rings (SSSR count). The molecule has 1 heterocycles. The topological polar surface area (TPSA) is 41.5 Å². The number of hydrogen-bond acceptors (Lipinski definition) is 2. The molecule has 102 valence electrons. The molecule has 0 spiro atoms. The Kier molecular flexibility index (Phi) is 5.33. The van der Waals surface area contributed by atoms with Crippen LogP contribution < -0.4 is 4.72 Å². The first-order chi connectivity index (χ1) is 9.28. The molecule has 0 saturated carbocycles. The monoisotopic (exact) mass is 276 g/mol. The zero-order valence-electron chi connectivity index (χ0n) is 11.3. The van der Waals surface area contributed by atoms with Gasteiger partial charge in [0.2, 0.25) is 0 Å². The van der Waals surface area contributed by atoms with Crippen molar-refractivity contribution in [1.82, 2.24) is 4.72 Å². The van der Waals surface area contributed by atoms with Crippen LogP contribution in [0, 0.1) is 0 Å². The first kappa shape index (κ1) is 14.0. The molecule has 4 heteroatoms.